The van der Waals surface area contributed by atoms with Crippen LogP contribution in [0.5, 0.6) is 0 Å². The van der Waals surface area contributed by atoms with Crippen LogP contribution in [0.4, 0.5) is 0 Å². The Kier molecular flexibility index (Phi) is 3.10. The van der Waals surface area contributed by atoms with E-state index in [1.807, 2.05) is 4.90 Å². The van der Waals surface area contributed by atoms with Gasteiger partial charge in [-0.2, -0.15) is 0 Å². The first-order valence-electron chi connectivity index (χ1n) is 5.88. The normalized spacial score (nSPS) is 22.2. The van der Waals surface area contributed by atoms with E-state index in [0.29, 0.717) is 24.9 Å². The third kappa shape index (κ3) is 2.81. The van der Waals surface area contributed by atoms with Gasteiger partial charge in [-0.3, -0.25) is 4.79 Å². The number of hydrogen-bond acceptors (Lipinski definition) is 2. The second-order valence-corrected chi connectivity index (χ2v) is 4.77. The van der Waals surface area contributed by atoms with Gasteiger partial charge in [-0.05, 0) is 31.6 Å². The molecule has 2 aliphatic carbocycles. The van der Waals surface area contributed by atoms with Crippen LogP contribution in [0.3, 0.4) is 0 Å². The molecule has 84 valence electrons. The van der Waals surface area contributed by atoms with Gasteiger partial charge in [0.25, 0.3) is 0 Å². The number of hydrogen-bond donors (Lipinski definition) is 1. The zero-order chi connectivity index (χ0) is 10.8. The molecule has 1 atom stereocenters. The van der Waals surface area contributed by atoms with Gasteiger partial charge in [-0.15, -0.1) is 6.58 Å². The molecule has 0 aliphatic heterocycles. The molecule has 0 aromatic carbocycles. The van der Waals surface area contributed by atoms with Crippen LogP contribution < -0.4 is 5.73 Å². The van der Waals surface area contributed by atoms with Crippen LogP contribution in [-0.2, 0) is 4.79 Å². The molecule has 15 heavy (non-hydrogen) atoms. The highest BCUT2D eigenvalue weighted by molar-refractivity contribution is 5.77. The Morgan fingerprint density at radius 3 is 2.60 bits per heavy atom. The predicted octanol–water partition coefficient (Wildman–Crippen LogP) is 1.29. The highest BCUT2D eigenvalue weighted by Crippen LogP contribution is 2.34. The minimum atomic E-state index is 0.0866. The molecular formula is C12H20N2O. The number of rotatable bonds is 6. The van der Waals surface area contributed by atoms with Crippen LogP contribution in [-0.4, -0.2) is 29.4 Å². The summed E-state index contributed by atoms with van der Waals surface area (Å²) in [5, 5.41) is 0. The van der Waals surface area contributed by atoms with E-state index < -0.39 is 0 Å². The maximum Gasteiger partial charge on any atom is 0.224 e. The van der Waals surface area contributed by atoms with E-state index in [4.69, 9.17) is 5.73 Å². The maximum atomic E-state index is 12.0. The summed E-state index contributed by atoms with van der Waals surface area (Å²) in [6, 6.07) is 0.561. The molecule has 2 rings (SSSR count). The van der Waals surface area contributed by atoms with Crippen molar-refractivity contribution in [2.75, 3.05) is 6.54 Å². The van der Waals surface area contributed by atoms with Crippen LogP contribution in [0, 0.1) is 5.92 Å². The highest BCUT2D eigenvalue weighted by Gasteiger charge is 2.35. The van der Waals surface area contributed by atoms with E-state index >= 15 is 0 Å². The molecule has 0 spiro atoms. The zero-order valence-corrected chi connectivity index (χ0v) is 9.19. The second-order valence-electron chi connectivity index (χ2n) is 4.77. The van der Waals surface area contributed by atoms with Crippen LogP contribution >= 0.6 is 0 Å². The van der Waals surface area contributed by atoms with Gasteiger partial charge in [-0.1, -0.05) is 6.08 Å². The Balaban J connectivity index is 1.82. The molecule has 3 nitrogen and oxygen atoms in total. The van der Waals surface area contributed by atoms with Crippen LogP contribution in [0.2, 0.25) is 0 Å². The van der Waals surface area contributed by atoms with Crippen molar-refractivity contribution in [2.24, 2.45) is 11.7 Å². The molecule has 0 radical (unpaired) electrons. The quantitative estimate of drug-likeness (QED) is 0.669. The lowest BCUT2D eigenvalue weighted by Gasteiger charge is -2.22. The maximum absolute atomic E-state index is 12.0. The minimum Gasteiger partial charge on any atom is -0.336 e. The molecule has 2 aliphatic rings. The van der Waals surface area contributed by atoms with Gasteiger partial charge in [-0.25, -0.2) is 0 Å². The Labute approximate surface area is 91.3 Å². The Morgan fingerprint density at radius 2 is 2.13 bits per heavy atom. The molecule has 0 bridgehead atoms. The molecule has 3 heteroatoms. The Hall–Kier alpha value is -0.830. The summed E-state index contributed by atoms with van der Waals surface area (Å²) in [6.45, 7) is 4.38. The highest BCUT2D eigenvalue weighted by atomic mass is 16.2. The van der Waals surface area contributed by atoms with Gasteiger partial charge in [0.15, 0.2) is 0 Å². The lowest BCUT2D eigenvalue weighted by molar-refractivity contribution is -0.131. The van der Waals surface area contributed by atoms with E-state index in [1.165, 1.54) is 12.8 Å². The lowest BCUT2D eigenvalue weighted by atomic mass is 10.1. The molecule has 0 saturated heterocycles. The first-order chi connectivity index (χ1) is 7.22. The lowest BCUT2D eigenvalue weighted by Crippen LogP contribution is -2.38. The fraction of sp³-hybridized carbons (Fsp3) is 0.750. The average molecular weight is 208 g/mol. The standard InChI is InChI=1S/C12H20N2O/c1-2-7-14(10-5-6-10)12(15)8-11(13)9-3-4-9/h2,9-11H,1,3-8,13H2. The summed E-state index contributed by atoms with van der Waals surface area (Å²) >= 11 is 0. The van der Waals surface area contributed by atoms with Crippen molar-refractivity contribution in [3.63, 3.8) is 0 Å². The summed E-state index contributed by atoms with van der Waals surface area (Å²) in [7, 11) is 0. The van der Waals surface area contributed by atoms with E-state index in [-0.39, 0.29) is 11.9 Å². The molecule has 1 unspecified atom stereocenters. The minimum absolute atomic E-state index is 0.0866. The second kappa shape index (κ2) is 4.35. The van der Waals surface area contributed by atoms with E-state index in [2.05, 4.69) is 6.58 Å². The average Bonchev–Trinajstić information content (AvgIpc) is 3.05. The summed E-state index contributed by atoms with van der Waals surface area (Å²) in [5.41, 5.74) is 5.96. The summed E-state index contributed by atoms with van der Waals surface area (Å²) < 4.78 is 0. The molecule has 2 fully saturated rings. The van der Waals surface area contributed by atoms with Crippen LogP contribution in [0.1, 0.15) is 32.1 Å². The molecule has 0 heterocycles. The molecule has 1 amide bonds. The first-order valence-corrected chi connectivity index (χ1v) is 5.88. The third-order valence-corrected chi connectivity index (χ3v) is 3.27. The van der Waals surface area contributed by atoms with Crippen LogP contribution in [0.15, 0.2) is 12.7 Å². The molecule has 0 aromatic rings. The van der Waals surface area contributed by atoms with Crippen molar-refractivity contribution in [3.8, 4) is 0 Å². The van der Waals surface area contributed by atoms with Gasteiger partial charge in [0.05, 0.1) is 0 Å². The summed E-state index contributed by atoms with van der Waals surface area (Å²) in [4.78, 5) is 13.9. The van der Waals surface area contributed by atoms with Gasteiger partial charge in [0.1, 0.15) is 0 Å². The SMILES string of the molecule is C=CCN(C(=O)CC(N)C1CC1)C1CC1. The Morgan fingerprint density at radius 1 is 1.47 bits per heavy atom. The van der Waals surface area contributed by atoms with Crippen molar-refractivity contribution in [1.29, 1.82) is 0 Å². The fourth-order valence-electron chi connectivity index (χ4n) is 1.99. The monoisotopic (exact) mass is 208 g/mol. The Bertz CT molecular complexity index is 256. The van der Waals surface area contributed by atoms with Crippen molar-refractivity contribution >= 4 is 5.91 Å². The fourth-order valence-corrected chi connectivity index (χ4v) is 1.99. The zero-order valence-electron chi connectivity index (χ0n) is 9.19. The third-order valence-electron chi connectivity index (χ3n) is 3.27. The molecular weight excluding hydrogens is 188 g/mol. The number of nitrogens with two attached hydrogens (primary N) is 1. The van der Waals surface area contributed by atoms with E-state index in [0.717, 1.165) is 12.8 Å². The van der Waals surface area contributed by atoms with Gasteiger partial charge < -0.3 is 10.6 Å². The largest absolute Gasteiger partial charge is 0.336 e. The topological polar surface area (TPSA) is 46.3 Å². The molecule has 0 aromatic heterocycles. The predicted molar refractivity (Wildman–Crippen MR) is 60.2 cm³/mol. The molecule has 2 saturated carbocycles. The number of carbonyl (C=O) groups excluding carboxylic acids is 1. The molecule has 2 N–H and O–H groups in total. The van der Waals surface area contributed by atoms with Gasteiger partial charge >= 0.3 is 0 Å². The van der Waals surface area contributed by atoms with Gasteiger partial charge in [0.2, 0.25) is 5.91 Å². The summed E-state index contributed by atoms with van der Waals surface area (Å²) in [5.74, 6) is 0.829. The van der Waals surface area contributed by atoms with Crippen molar-refractivity contribution in [2.45, 2.75) is 44.2 Å². The summed E-state index contributed by atoms with van der Waals surface area (Å²) in [6.07, 6.45) is 7.04. The first kappa shape index (κ1) is 10.7. The number of amides is 1. The van der Waals surface area contributed by atoms with Gasteiger partial charge in [0, 0.05) is 25.0 Å². The van der Waals surface area contributed by atoms with Crippen molar-refractivity contribution in [1.82, 2.24) is 4.90 Å². The smallest absolute Gasteiger partial charge is 0.224 e. The van der Waals surface area contributed by atoms with Crippen LogP contribution in [0.25, 0.3) is 0 Å². The van der Waals surface area contributed by atoms with Crippen molar-refractivity contribution in [3.05, 3.63) is 12.7 Å². The van der Waals surface area contributed by atoms with Crippen molar-refractivity contribution < 1.29 is 4.79 Å². The van der Waals surface area contributed by atoms with E-state index in [1.54, 1.807) is 6.08 Å². The number of nitrogens with zero attached hydrogens (tertiary/aromatic N) is 1. The number of carbonyl (C=O) groups is 1. The van der Waals surface area contributed by atoms with E-state index in [9.17, 15) is 4.79 Å².